The number of carbonyl (C=O) groups excluding carboxylic acids is 1. The quantitative estimate of drug-likeness (QED) is 0.247. The van der Waals surface area contributed by atoms with Crippen molar-refractivity contribution >= 4 is 27.2 Å². The Hall–Kier alpha value is -4.43. The second-order valence-corrected chi connectivity index (χ2v) is 11.9. The predicted molar refractivity (Wildman–Crippen MR) is 156 cm³/mol. The normalized spacial score (nSPS) is 11.6. The average Bonchev–Trinajstić information content (AvgIpc) is 3.35. The number of hydrogen-bond donors (Lipinski definition) is 2. The average molecular weight is 539 g/mol. The fourth-order valence-corrected chi connectivity index (χ4v) is 5.00. The Bertz CT molecular complexity index is 1720. The SMILES string of the molecule is CC(C)c1ccc(NC(=O)NCc2ccc(-c3cnc4cc(-c5ccc(S(C)(=O)=O)cc5)ccn34)cc2)cc1. The number of benzene rings is 3. The van der Waals surface area contributed by atoms with Crippen molar-refractivity contribution in [3.8, 4) is 22.4 Å². The molecule has 0 saturated carbocycles. The fourth-order valence-electron chi connectivity index (χ4n) is 4.37. The molecule has 198 valence electrons. The first-order chi connectivity index (χ1) is 18.7. The predicted octanol–water partition coefficient (Wildman–Crippen LogP) is 6.52. The van der Waals surface area contributed by atoms with E-state index in [1.54, 1.807) is 12.1 Å². The first-order valence-electron chi connectivity index (χ1n) is 12.7. The molecule has 0 spiro atoms. The number of rotatable bonds is 7. The second-order valence-electron chi connectivity index (χ2n) is 9.86. The molecule has 0 radical (unpaired) electrons. The molecule has 0 unspecified atom stereocenters. The van der Waals surface area contributed by atoms with E-state index in [2.05, 4.69) is 29.5 Å². The summed E-state index contributed by atoms with van der Waals surface area (Å²) >= 11 is 0. The highest BCUT2D eigenvalue weighted by Crippen LogP contribution is 2.26. The Labute approximate surface area is 228 Å². The van der Waals surface area contributed by atoms with Crippen LogP contribution in [-0.2, 0) is 16.4 Å². The largest absolute Gasteiger partial charge is 0.334 e. The Morgan fingerprint density at radius 1 is 0.872 bits per heavy atom. The minimum atomic E-state index is -3.23. The number of sulfone groups is 1. The second kappa shape index (κ2) is 10.7. The summed E-state index contributed by atoms with van der Waals surface area (Å²) in [5.41, 5.74) is 7.59. The third-order valence-electron chi connectivity index (χ3n) is 6.67. The van der Waals surface area contributed by atoms with E-state index in [9.17, 15) is 13.2 Å². The number of anilines is 1. The number of nitrogens with zero attached hydrogens (tertiary/aromatic N) is 2. The molecule has 0 saturated heterocycles. The summed E-state index contributed by atoms with van der Waals surface area (Å²) in [7, 11) is -3.23. The van der Waals surface area contributed by atoms with Gasteiger partial charge in [0.15, 0.2) is 9.84 Å². The zero-order chi connectivity index (χ0) is 27.6. The van der Waals surface area contributed by atoms with Crippen LogP contribution in [0.2, 0.25) is 0 Å². The smallest absolute Gasteiger partial charge is 0.319 e. The number of amides is 2. The van der Waals surface area contributed by atoms with E-state index in [0.717, 1.165) is 39.3 Å². The van der Waals surface area contributed by atoms with Gasteiger partial charge in [-0.3, -0.25) is 4.40 Å². The molecule has 2 aromatic heterocycles. The minimum absolute atomic E-state index is 0.250. The van der Waals surface area contributed by atoms with Gasteiger partial charge in [0, 0.05) is 30.2 Å². The number of nitrogens with one attached hydrogen (secondary N) is 2. The molecule has 0 aliphatic rings. The van der Waals surface area contributed by atoms with Crippen molar-refractivity contribution in [3.63, 3.8) is 0 Å². The van der Waals surface area contributed by atoms with Crippen LogP contribution in [0.4, 0.5) is 10.5 Å². The standard InChI is InChI=1S/C31H30N4O3S/c1-21(2)23-8-12-27(13-9-23)34-31(36)33-19-22-4-6-25(7-5-22)29-20-32-30-18-26(16-17-35(29)30)24-10-14-28(15-11-24)39(3,37)38/h4-18,20-21H,19H2,1-3H3,(H2,33,34,36). The van der Waals surface area contributed by atoms with Crippen LogP contribution in [0, 0.1) is 0 Å². The third-order valence-corrected chi connectivity index (χ3v) is 7.80. The molecule has 3 aromatic carbocycles. The molecule has 2 amide bonds. The lowest BCUT2D eigenvalue weighted by molar-refractivity contribution is 0.251. The van der Waals surface area contributed by atoms with Gasteiger partial charge in [-0.25, -0.2) is 18.2 Å². The molecular formula is C31H30N4O3S. The summed E-state index contributed by atoms with van der Waals surface area (Å²) < 4.78 is 25.5. The number of fused-ring (bicyclic) bond motifs is 1. The molecule has 0 aliphatic carbocycles. The van der Waals surface area contributed by atoms with Crippen LogP contribution >= 0.6 is 0 Å². The van der Waals surface area contributed by atoms with Crippen LogP contribution < -0.4 is 10.6 Å². The van der Waals surface area contributed by atoms with Gasteiger partial charge in [-0.15, -0.1) is 0 Å². The molecular weight excluding hydrogens is 508 g/mol. The number of urea groups is 1. The summed E-state index contributed by atoms with van der Waals surface area (Å²) in [5.74, 6) is 0.447. The molecule has 7 nitrogen and oxygen atoms in total. The number of carbonyl (C=O) groups is 1. The molecule has 8 heteroatoms. The van der Waals surface area contributed by atoms with Gasteiger partial charge in [0.05, 0.1) is 16.8 Å². The van der Waals surface area contributed by atoms with Gasteiger partial charge in [0.1, 0.15) is 5.65 Å². The molecule has 0 bridgehead atoms. The Morgan fingerprint density at radius 3 is 2.18 bits per heavy atom. The zero-order valence-corrected chi connectivity index (χ0v) is 22.9. The highest BCUT2D eigenvalue weighted by molar-refractivity contribution is 7.90. The Morgan fingerprint density at radius 2 is 1.54 bits per heavy atom. The van der Waals surface area contributed by atoms with Gasteiger partial charge in [-0.2, -0.15) is 0 Å². The van der Waals surface area contributed by atoms with Crippen molar-refractivity contribution in [2.45, 2.75) is 31.2 Å². The maximum atomic E-state index is 12.3. The van der Waals surface area contributed by atoms with Crippen LogP contribution in [0.15, 0.2) is 102 Å². The molecule has 5 aromatic rings. The lowest BCUT2D eigenvalue weighted by Gasteiger charge is -2.10. The van der Waals surface area contributed by atoms with Crippen LogP contribution in [0.1, 0.15) is 30.9 Å². The highest BCUT2D eigenvalue weighted by Gasteiger charge is 2.10. The molecule has 39 heavy (non-hydrogen) atoms. The van der Waals surface area contributed by atoms with E-state index < -0.39 is 9.84 Å². The van der Waals surface area contributed by atoms with E-state index in [-0.39, 0.29) is 6.03 Å². The van der Waals surface area contributed by atoms with Gasteiger partial charge in [0.2, 0.25) is 0 Å². The monoisotopic (exact) mass is 538 g/mol. The summed E-state index contributed by atoms with van der Waals surface area (Å²) in [5, 5.41) is 5.77. The molecule has 0 aliphatic heterocycles. The Balaban J connectivity index is 1.24. The van der Waals surface area contributed by atoms with Crippen LogP contribution in [-0.4, -0.2) is 30.1 Å². The number of aromatic nitrogens is 2. The summed E-state index contributed by atoms with van der Waals surface area (Å²) in [4.78, 5) is 17.2. The van der Waals surface area contributed by atoms with Gasteiger partial charge >= 0.3 is 6.03 Å². The van der Waals surface area contributed by atoms with E-state index >= 15 is 0 Å². The van der Waals surface area contributed by atoms with Crippen LogP contribution in [0.3, 0.4) is 0 Å². The van der Waals surface area contributed by atoms with E-state index in [1.165, 1.54) is 11.8 Å². The van der Waals surface area contributed by atoms with Gasteiger partial charge < -0.3 is 10.6 Å². The molecule has 0 atom stereocenters. The summed E-state index contributed by atoms with van der Waals surface area (Å²) in [6.07, 6.45) is 5.00. The number of hydrogen-bond acceptors (Lipinski definition) is 4. The first kappa shape index (κ1) is 26.2. The van der Waals surface area contributed by atoms with E-state index in [0.29, 0.717) is 17.4 Å². The van der Waals surface area contributed by atoms with Crippen molar-refractivity contribution in [1.82, 2.24) is 14.7 Å². The van der Waals surface area contributed by atoms with Crippen molar-refractivity contribution < 1.29 is 13.2 Å². The first-order valence-corrected chi connectivity index (χ1v) is 14.6. The highest BCUT2D eigenvalue weighted by atomic mass is 32.2. The van der Waals surface area contributed by atoms with Gasteiger partial charge in [0.25, 0.3) is 0 Å². The maximum absolute atomic E-state index is 12.3. The summed E-state index contributed by atoms with van der Waals surface area (Å²) in [6, 6.07) is 26.5. The van der Waals surface area contributed by atoms with Crippen molar-refractivity contribution in [2.24, 2.45) is 0 Å². The molecule has 0 fully saturated rings. The lowest BCUT2D eigenvalue weighted by atomic mass is 10.0. The molecule has 5 rings (SSSR count). The van der Waals surface area contributed by atoms with Gasteiger partial charge in [-0.05, 0) is 64.6 Å². The molecule has 2 N–H and O–H groups in total. The lowest BCUT2D eigenvalue weighted by Crippen LogP contribution is -2.28. The third kappa shape index (κ3) is 6.02. The van der Waals surface area contributed by atoms with Crippen molar-refractivity contribution in [3.05, 3.63) is 108 Å². The van der Waals surface area contributed by atoms with E-state index in [1.807, 2.05) is 89.6 Å². The topological polar surface area (TPSA) is 92.6 Å². The van der Waals surface area contributed by atoms with Crippen LogP contribution in [0.25, 0.3) is 28.0 Å². The summed E-state index contributed by atoms with van der Waals surface area (Å²) in [6.45, 7) is 4.68. The van der Waals surface area contributed by atoms with Gasteiger partial charge in [-0.1, -0.05) is 62.4 Å². The van der Waals surface area contributed by atoms with Crippen molar-refractivity contribution in [2.75, 3.05) is 11.6 Å². The zero-order valence-electron chi connectivity index (χ0n) is 22.0. The van der Waals surface area contributed by atoms with E-state index in [4.69, 9.17) is 0 Å². The number of imidazole rings is 1. The minimum Gasteiger partial charge on any atom is -0.334 e. The Kier molecular flexibility index (Phi) is 7.21. The van der Waals surface area contributed by atoms with Crippen LogP contribution in [0.5, 0.6) is 0 Å². The fraction of sp³-hybridized carbons (Fsp3) is 0.161. The maximum Gasteiger partial charge on any atom is 0.319 e. The molecule has 2 heterocycles. The number of pyridine rings is 1. The van der Waals surface area contributed by atoms with Crippen molar-refractivity contribution in [1.29, 1.82) is 0 Å².